The van der Waals surface area contributed by atoms with Crippen LogP contribution in [-0.2, 0) is 34.7 Å². The molecule has 0 saturated heterocycles. The number of hydrogen-bond acceptors (Lipinski definition) is 9. The van der Waals surface area contributed by atoms with Crippen LogP contribution >= 0.6 is 11.6 Å². The first-order valence-corrected chi connectivity index (χ1v) is 19.2. The summed E-state index contributed by atoms with van der Waals surface area (Å²) in [7, 11) is 1.13. The van der Waals surface area contributed by atoms with Crippen molar-refractivity contribution in [2.75, 3.05) is 38.0 Å². The molecule has 50 heavy (non-hydrogen) atoms. The zero-order chi connectivity index (χ0) is 35.4. The monoisotopic (exact) mass is 724 g/mol. The van der Waals surface area contributed by atoms with Gasteiger partial charge in [0.25, 0.3) is 5.91 Å². The molecular weight excluding hydrogens is 680 g/mol. The molecule has 2 amide bonds. The Morgan fingerprint density at radius 3 is 2.74 bits per heavy atom. The van der Waals surface area contributed by atoms with Crippen LogP contribution in [0.5, 0.6) is 11.6 Å². The van der Waals surface area contributed by atoms with Gasteiger partial charge in [-0.2, -0.15) is 0 Å². The standard InChI is InChI=1S/C36H45ClN6O6S/c1-23-8-7-10-31(47-3)28-14-12-26(28)20-43-19-25-11-13-27(37)18-24(25)9-5-6-17-49-32-16-15-30(38-33(32)43)35(45)41-50(46,22-23)40-34(44)29-21-42(2)39-36(29)48-4/h7,10-11,13,15-16,18,21,23,26,28,31H,5-6,8-9,12,14,17,19-20,22H2,1-4H3,(H,40,41,44,45,46)/b10-7-/t23-,26-,28+,31-,50?/m0/s1. The Bertz CT molecular complexity index is 1890. The van der Waals surface area contributed by atoms with E-state index in [0.717, 1.165) is 37.7 Å². The molecule has 1 aromatic carbocycles. The molecule has 12 nitrogen and oxygen atoms in total. The third kappa shape index (κ3) is 8.16. The number of aromatic nitrogens is 3. The van der Waals surface area contributed by atoms with Gasteiger partial charge in [-0.25, -0.2) is 9.19 Å². The molecule has 2 bridgehead atoms. The lowest BCUT2D eigenvalue weighted by Crippen LogP contribution is -2.43. The van der Waals surface area contributed by atoms with Crippen molar-refractivity contribution in [2.24, 2.45) is 29.2 Å². The van der Waals surface area contributed by atoms with E-state index < -0.39 is 21.7 Å². The van der Waals surface area contributed by atoms with Crippen molar-refractivity contribution in [3.8, 4) is 11.6 Å². The summed E-state index contributed by atoms with van der Waals surface area (Å²) in [6.07, 6.45) is 10.7. The Balaban J connectivity index is 1.45. The van der Waals surface area contributed by atoms with Gasteiger partial charge in [0.1, 0.15) is 21.2 Å². The number of anilines is 1. The van der Waals surface area contributed by atoms with Gasteiger partial charge in [0.05, 0.1) is 25.6 Å². The summed E-state index contributed by atoms with van der Waals surface area (Å²) in [5.74, 6) is -0.0424. The van der Waals surface area contributed by atoms with Crippen LogP contribution in [0.1, 0.15) is 71.0 Å². The van der Waals surface area contributed by atoms with Gasteiger partial charge in [0.15, 0.2) is 11.6 Å². The van der Waals surface area contributed by atoms with Gasteiger partial charge in [-0.1, -0.05) is 36.7 Å². The first-order chi connectivity index (χ1) is 24.1. The number of halogens is 1. The fourth-order valence-corrected chi connectivity index (χ4v) is 9.06. The van der Waals surface area contributed by atoms with Gasteiger partial charge in [0, 0.05) is 38.5 Å². The van der Waals surface area contributed by atoms with E-state index in [4.69, 9.17) is 30.8 Å². The number of rotatable bonds is 4. The van der Waals surface area contributed by atoms with Crippen LogP contribution < -0.4 is 19.1 Å². The molecule has 5 atom stereocenters. The highest BCUT2D eigenvalue weighted by molar-refractivity contribution is 7.92. The van der Waals surface area contributed by atoms with Crippen molar-refractivity contribution in [2.45, 2.75) is 58.1 Å². The fraction of sp³-hybridized carbons (Fsp3) is 0.500. The van der Waals surface area contributed by atoms with Crippen LogP contribution in [0, 0.1) is 17.8 Å². The highest BCUT2D eigenvalue weighted by atomic mass is 35.5. The molecule has 4 heterocycles. The van der Waals surface area contributed by atoms with E-state index in [9.17, 15) is 13.8 Å². The number of nitrogens with one attached hydrogen (secondary N) is 1. The average Bonchev–Trinajstić information content (AvgIpc) is 3.45. The van der Waals surface area contributed by atoms with Crippen LogP contribution in [0.15, 0.2) is 53.0 Å². The number of allylic oxidation sites excluding steroid dienone is 1. The zero-order valence-corrected chi connectivity index (χ0v) is 30.5. The number of carbonyl (C=O) groups excluding carboxylic acids is 2. The maximum absolute atomic E-state index is 14.5. The molecule has 268 valence electrons. The number of pyridine rings is 1. The summed E-state index contributed by atoms with van der Waals surface area (Å²) in [4.78, 5) is 34.4. The molecule has 1 N–H and O–H groups in total. The van der Waals surface area contributed by atoms with E-state index >= 15 is 0 Å². The number of ether oxygens (including phenoxy) is 3. The summed E-state index contributed by atoms with van der Waals surface area (Å²) < 4.78 is 40.3. The van der Waals surface area contributed by atoms with Gasteiger partial charge in [-0.3, -0.25) is 19.0 Å². The van der Waals surface area contributed by atoms with E-state index in [2.05, 4.69) is 31.2 Å². The number of hydrogen-bond donors (Lipinski definition) is 1. The van der Waals surface area contributed by atoms with E-state index in [1.807, 2.05) is 25.1 Å². The second-order valence-electron chi connectivity index (χ2n) is 13.4. The third-order valence-corrected chi connectivity index (χ3v) is 11.9. The normalized spacial score (nSPS) is 26.5. The minimum absolute atomic E-state index is 0.00375. The minimum Gasteiger partial charge on any atom is -0.490 e. The van der Waals surface area contributed by atoms with E-state index in [-0.39, 0.29) is 40.8 Å². The summed E-state index contributed by atoms with van der Waals surface area (Å²) in [5, 5.41) is 4.82. The van der Waals surface area contributed by atoms with Gasteiger partial charge in [-0.05, 0) is 91.7 Å². The van der Waals surface area contributed by atoms with Crippen molar-refractivity contribution >= 4 is 39.1 Å². The summed E-state index contributed by atoms with van der Waals surface area (Å²) in [5.41, 5.74) is 2.39. The highest BCUT2D eigenvalue weighted by Crippen LogP contribution is 2.41. The van der Waals surface area contributed by atoms with Gasteiger partial charge in [0.2, 0.25) is 5.88 Å². The Hall–Kier alpha value is -3.94. The van der Waals surface area contributed by atoms with Crippen LogP contribution in [0.3, 0.4) is 0 Å². The van der Waals surface area contributed by atoms with Crippen LogP contribution in [0.4, 0.5) is 5.82 Å². The van der Waals surface area contributed by atoms with E-state index in [0.29, 0.717) is 48.6 Å². The number of fused-ring (bicyclic) bond motifs is 3. The molecule has 1 saturated carbocycles. The quantitative estimate of drug-likeness (QED) is 0.332. The second kappa shape index (κ2) is 15.5. The van der Waals surface area contributed by atoms with Gasteiger partial charge < -0.3 is 19.1 Å². The number of nitrogens with zero attached hydrogens (tertiary/aromatic N) is 5. The second-order valence-corrected chi connectivity index (χ2v) is 15.9. The zero-order valence-electron chi connectivity index (χ0n) is 29.0. The lowest BCUT2D eigenvalue weighted by atomic mass is 9.70. The molecule has 14 heteroatoms. The molecular formula is C36H45ClN6O6S. The van der Waals surface area contributed by atoms with Crippen molar-refractivity contribution in [1.82, 2.24) is 19.5 Å². The Kier molecular flexibility index (Phi) is 11.1. The topological polar surface area (TPSA) is 137 Å². The first-order valence-electron chi connectivity index (χ1n) is 17.1. The van der Waals surface area contributed by atoms with E-state index in [1.54, 1.807) is 26.3 Å². The molecule has 1 unspecified atom stereocenters. The first kappa shape index (κ1) is 35.9. The molecule has 6 rings (SSSR count). The number of aryl methyl sites for hydroxylation is 2. The molecule has 0 spiro atoms. The molecule has 1 fully saturated rings. The van der Waals surface area contributed by atoms with Crippen LogP contribution in [-0.4, -0.2) is 70.0 Å². The van der Waals surface area contributed by atoms with Crippen molar-refractivity contribution < 1.29 is 28.0 Å². The maximum atomic E-state index is 14.5. The Labute approximate surface area is 298 Å². The van der Waals surface area contributed by atoms with Crippen LogP contribution in [0.25, 0.3) is 0 Å². The molecule has 3 aliphatic rings. The van der Waals surface area contributed by atoms with Crippen LogP contribution in [0.2, 0.25) is 5.02 Å². The molecule has 0 radical (unpaired) electrons. The van der Waals surface area contributed by atoms with E-state index in [1.165, 1.54) is 23.6 Å². The lowest BCUT2D eigenvalue weighted by Gasteiger charge is -2.43. The Morgan fingerprint density at radius 2 is 1.98 bits per heavy atom. The Morgan fingerprint density at radius 1 is 1.14 bits per heavy atom. The number of amides is 2. The molecule has 3 aromatic rings. The predicted octanol–water partition coefficient (Wildman–Crippen LogP) is 5.79. The summed E-state index contributed by atoms with van der Waals surface area (Å²) >= 11 is 6.45. The lowest BCUT2D eigenvalue weighted by molar-refractivity contribution is 0.0133. The van der Waals surface area contributed by atoms with Crippen molar-refractivity contribution in [3.05, 3.63) is 76.1 Å². The number of carbonyl (C=O) groups is 2. The van der Waals surface area contributed by atoms with Gasteiger partial charge in [-0.15, -0.1) is 9.46 Å². The summed E-state index contributed by atoms with van der Waals surface area (Å²) in [6, 6.07) is 9.29. The maximum Gasteiger partial charge on any atom is 0.305 e. The highest BCUT2D eigenvalue weighted by Gasteiger charge is 2.38. The predicted molar refractivity (Wildman–Crippen MR) is 192 cm³/mol. The molecule has 1 aliphatic carbocycles. The fourth-order valence-electron chi connectivity index (χ4n) is 7.00. The third-order valence-electron chi connectivity index (χ3n) is 9.70. The summed E-state index contributed by atoms with van der Waals surface area (Å²) in [6.45, 7) is 3.58. The van der Waals surface area contributed by atoms with Gasteiger partial charge >= 0.3 is 5.91 Å². The molecule has 2 aromatic heterocycles. The SMILES string of the molecule is COc1nn(C)cc1C(=O)NS1(=O)=NC(=O)c2ccc3c(n2)N(Cc2ccc(Cl)cc2CCCCO3)C[C@@H]2CC[C@H]2[C@@H](OC)/C=C\C[C@H](C)C1. The smallest absolute Gasteiger partial charge is 0.305 e. The van der Waals surface area contributed by atoms with Crippen molar-refractivity contribution in [3.63, 3.8) is 0 Å². The molecule has 2 aliphatic heterocycles. The number of methoxy groups -OCH3 is 2. The minimum atomic E-state index is -3.64. The average molecular weight is 725 g/mol. The largest absolute Gasteiger partial charge is 0.490 e. The number of benzene rings is 1. The van der Waals surface area contributed by atoms with Crippen molar-refractivity contribution in [1.29, 1.82) is 0 Å².